The number of carbonyl (C=O) groups is 3. The van der Waals surface area contributed by atoms with Gasteiger partial charge in [-0.15, -0.1) is 0 Å². The standard InChI is InChI=1S/C28H24N2O5/c31-26(29-20-13-12-18(15-20)27(32)33)17-6-5-7-19(14-17)30-28(34)35-16-25-23-10-3-1-8-21(23)22-9-2-4-11-24(22)25/h1-14,18,20,25H,15-16H2,(H,29,31)(H,30,34)(H,32,33). The Morgan fingerprint density at radius 3 is 2.23 bits per heavy atom. The molecule has 2 aliphatic rings. The lowest BCUT2D eigenvalue weighted by Crippen LogP contribution is -2.33. The van der Waals surface area contributed by atoms with Crippen LogP contribution in [0.15, 0.2) is 84.9 Å². The van der Waals surface area contributed by atoms with Crippen LogP contribution in [0, 0.1) is 5.92 Å². The minimum Gasteiger partial charge on any atom is -0.481 e. The lowest BCUT2D eigenvalue weighted by molar-refractivity contribution is -0.140. The van der Waals surface area contributed by atoms with E-state index in [9.17, 15) is 14.4 Å². The number of benzene rings is 3. The first-order valence-corrected chi connectivity index (χ1v) is 11.4. The molecule has 0 radical (unpaired) electrons. The summed E-state index contributed by atoms with van der Waals surface area (Å²) in [5.74, 6) is -1.89. The number of hydrogen-bond donors (Lipinski definition) is 3. The molecule has 0 aliphatic heterocycles. The number of fused-ring (bicyclic) bond motifs is 3. The van der Waals surface area contributed by atoms with Crippen LogP contribution in [-0.4, -0.2) is 35.7 Å². The van der Waals surface area contributed by atoms with Crippen LogP contribution in [0.3, 0.4) is 0 Å². The zero-order chi connectivity index (χ0) is 24.4. The predicted octanol–water partition coefficient (Wildman–Crippen LogP) is 4.81. The van der Waals surface area contributed by atoms with Gasteiger partial charge in [-0.3, -0.25) is 14.9 Å². The molecule has 3 aromatic carbocycles. The number of carboxylic acids is 1. The van der Waals surface area contributed by atoms with Crippen molar-refractivity contribution < 1.29 is 24.2 Å². The highest BCUT2D eigenvalue weighted by Crippen LogP contribution is 2.44. The average molecular weight is 469 g/mol. The molecule has 0 saturated heterocycles. The Kier molecular flexibility index (Phi) is 6.06. The highest BCUT2D eigenvalue weighted by atomic mass is 16.5. The van der Waals surface area contributed by atoms with Gasteiger partial charge in [-0.1, -0.05) is 66.7 Å². The van der Waals surface area contributed by atoms with E-state index in [0.29, 0.717) is 17.7 Å². The summed E-state index contributed by atoms with van der Waals surface area (Å²) in [6.45, 7) is 0.193. The van der Waals surface area contributed by atoms with Gasteiger partial charge in [0.1, 0.15) is 6.61 Å². The second kappa shape index (κ2) is 9.46. The average Bonchev–Trinajstić information content (AvgIpc) is 3.46. The molecule has 2 amide bonds. The van der Waals surface area contributed by atoms with Crippen molar-refractivity contribution in [3.8, 4) is 11.1 Å². The number of aliphatic carboxylic acids is 1. The summed E-state index contributed by atoms with van der Waals surface area (Å²) >= 11 is 0. The number of nitrogens with one attached hydrogen (secondary N) is 2. The number of carbonyl (C=O) groups excluding carboxylic acids is 2. The third-order valence-electron chi connectivity index (χ3n) is 6.43. The van der Waals surface area contributed by atoms with E-state index < -0.39 is 18.0 Å². The zero-order valence-electron chi connectivity index (χ0n) is 18.8. The zero-order valence-corrected chi connectivity index (χ0v) is 18.8. The molecule has 0 bridgehead atoms. The van der Waals surface area contributed by atoms with Crippen molar-refractivity contribution in [1.29, 1.82) is 0 Å². The second-order valence-corrected chi connectivity index (χ2v) is 8.68. The molecular formula is C28H24N2O5. The minimum absolute atomic E-state index is 0.0423. The van der Waals surface area contributed by atoms with E-state index in [4.69, 9.17) is 9.84 Å². The molecule has 2 aliphatic carbocycles. The third kappa shape index (κ3) is 4.66. The van der Waals surface area contributed by atoms with Crippen LogP contribution in [0.5, 0.6) is 0 Å². The normalized spacial score (nSPS) is 17.9. The van der Waals surface area contributed by atoms with Crippen LogP contribution in [0.4, 0.5) is 10.5 Å². The van der Waals surface area contributed by atoms with Gasteiger partial charge in [0.15, 0.2) is 0 Å². The van der Waals surface area contributed by atoms with E-state index in [0.717, 1.165) is 22.3 Å². The molecule has 0 fully saturated rings. The molecule has 7 heteroatoms. The molecule has 3 aromatic rings. The van der Waals surface area contributed by atoms with Crippen LogP contribution in [-0.2, 0) is 9.53 Å². The fourth-order valence-electron chi connectivity index (χ4n) is 4.73. The first-order chi connectivity index (χ1) is 17.0. The van der Waals surface area contributed by atoms with Crippen molar-refractivity contribution in [2.45, 2.75) is 18.4 Å². The van der Waals surface area contributed by atoms with Gasteiger partial charge in [-0.05, 0) is 46.9 Å². The van der Waals surface area contributed by atoms with Gasteiger partial charge < -0.3 is 15.2 Å². The van der Waals surface area contributed by atoms with E-state index >= 15 is 0 Å². The summed E-state index contributed by atoms with van der Waals surface area (Å²) in [7, 11) is 0. The van der Waals surface area contributed by atoms with Crippen molar-refractivity contribution in [2.75, 3.05) is 11.9 Å². The van der Waals surface area contributed by atoms with Crippen LogP contribution in [0.25, 0.3) is 11.1 Å². The summed E-state index contributed by atoms with van der Waals surface area (Å²) in [6.07, 6.45) is 2.99. The lowest BCUT2D eigenvalue weighted by atomic mass is 9.98. The maximum Gasteiger partial charge on any atom is 0.411 e. The fraction of sp³-hybridized carbons (Fsp3) is 0.179. The fourth-order valence-corrected chi connectivity index (χ4v) is 4.73. The van der Waals surface area contributed by atoms with Gasteiger partial charge in [0.05, 0.1) is 5.92 Å². The molecule has 0 spiro atoms. The van der Waals surface area contributed by atoms with Crippen molar-refractivity contribution in [3.05, 3.63) is 102 Å². The van der Waals surface area contributed by atoms with Crippen LogP contribution in [0.2, 0.25) is 0 Å². The largest absolute Gasteiger partial charge is 0.481 e. The quantitative estimate of drug-likeness (QED) is 0.451. The Balaban J connectivity index is 1.20. The van der Waals surface area contributed by atoms with E-state index in [2.05, 4.69) is 34.9 Å². The number of amides is 2. The van der Waals surface area contributed by atoms with Gasteiger partial charge in [0, 0.05) is 23.2 Å². The maximum absolute atomic E-state index is 12.6. The first kappa shape index (κ1) is 22.4. The molecule has 0 saturated carbocycles. The Morgan fingerprint density at radius 2 is 1.57 bits per heavy atom. The highest BCUT2D eigenvalue weighted by Gasteiger charge is 2.29. The van der Waals surface area contributed by atoms with E-state index in [1.54, 1.807) is 36.4 Å². The number of ether oxygens (including phenoxy) is 1. The maximum atomic E-state index is 12.6. The van der Waals surface area contributed by atoms with Gasteiger partial charge >= 0.3 is 12.1 Å². The van der Waals surface area contributed by atoms with Crippen molar-refractivity contribution in [1.82, 2.24) is 5.32 Å². The minimum atomic E-state index is -0.910. The van der Waals surface area contributed by atoms with Gasteiger partial charge in [-0.25, -0.2) is 4.79 Å². The summed E-state index contributed by atoms with van der Waals surface area (Å²) < 4.78 is 5.57. The molecule has 176 valence electrons. The van der Waals surface area contributed by atoms with Crippen LogP contribution in [0.1, 0.15) is 33.8 Å². The lowest BCUT2D eigenvalue weighted by Gasteiger charge is -2.15. The molecule has 2 atom stereocenters. The molecule has 7 nitrogen and oxygen atoms in total. The molecular weight excluding hydrogens is 444 g/mol. The first-order valence-electron chi connectivity index (χ1n) is 11.4. The second-order valence-electron chi connectivity index (χ2n) is 8.68. The van der Waals surface area contributed by atoms with Crippen molar-refractivity contribution >= 4 is 23.7 Å². The Labute approximate surface area is 202 Å². The molecule has 0 heterocycles. The monoisotopic (exact) mass is 468 g/mol. The van der Waals surface area contributed by atoms with Gasteiger partial charge in [-0.2, -0.15) is 0 Å². The summed E-state index contributed by atoms with van der Waals surface area (Å²) in [4.78, 5) is 36.3. The number of hydrogen-bond acceptors (Lipinski definition) is 4. The summed E-state index contributed by atoms with van der Waals surface area (Å²) in [5, 5.41) is 14.6. The number of anilines is 1. The highest BCUT2D eigenvalue weighted by molar-refractivity contribution is 5.96. The molecule has 3 N–H and O–H groups in total. The number of carboxylic acid groups (broad SMARTS) is 1. The third-order valence-corrected chi connectivity index (χ3v) is 6.43. The Bertz CT molecular complexity index is 1290. The molecule has 2 unspecified atom stereocenters. The smallest absolute Gasteiger partial charge is 0.411 e. The van der Waals surface area contributed by atoms with Crippen molar-refractivity contribution in [3.63, 3.8) is 0 Å². The van der Waals surface area contributed by atoms with E-state index in [1.807, 2.05) is 24.3 Å². The van der Waals surface area contributed by atoms with Crippen LogP contribution < -0.4 is 10.6 Å². The van der Waals surface area contributed by atoms with Gasteiger partial charge in [0.2, 0.25) is 0 Å². The van der Waals surface area contributed by atoms with Crippen molar-refractivity contribution in [2.24, 2.45) is 5.92 Å². The molecule has 35 heavy (non-hydrogen) atoms. The summed E-state index contributed by atoms with van der Waals surface area (Å²) in [6, 6.07) is 22.4. The topological polar surface area (TPSA) is 105 Å². The summed E-state index contributed by atoms with van der Waals surface area (Å²) in [5.41, 5.74) is 5.36. The van der Waals surface area contributed by atoms with E-state index in [1.165, 1.54) is 0 Å². The SMILES string of the molecule is O=C(Nc1cccc(C(=O)NC2C=CC(C(=O)O)C2)c1)OCC1c2ccccc2-c2ccccc21. The van der Waals surface area contributed by atoms with Gasteiger partial charge in [0.25, 0.3) is 5.91 Å². The Hall–Kier alpha value is -4.39. The molecule has 0 aromatic heterocycles. The number of rotatable bonds is 6. The predicted molar refractivity (Wildman–Crippen MR) is 131 cm³/mol. The Morgan fingerprint density at radius 1 is 0.886 bits per heavy atom. The molecule has 5 rings (SSSR count). The van der Waals surface area contributed by atoms with Crippen LogP contribution >= 0.6 is 0 Å². The van der Waals surface area contributed by atoms with E-state index in [-0.39, 0.29) is 24.5 Å².